The Morgan fingerprint density at radius 3 is 2.93 bits per heavy atom. The second-order valence-electron chi connectivity index (χ2n) is 5.38. The molecular formula is C12H23FN2. The minimum absolute atomic E-state index is 0.285. The standard InChI is InChI=1S/C12H23FN2/c1-10(13)8-15-7-3-5-12(15)6-4-11(2)14-9-12/h10-11,14H,3-9H2,1-2H3. The Labute approximate surface area is 92.2 Å². The zero-order valence-electron chi connectivity index (χ0n) is 9.93. The quantitative estimate of drug-likeness (QED) is 0.756. The highest BCUT2D eigenvalue weighted by Gasteiger charge is 2.42. The first-order chi connectivity index (χ1) is 7.12. The second kappa shape index (κ2) is 4.38. The third-order valence-corrected chi connectivity index (χ3v) is 4.04. The Morgan fingerprint density at radius 1 is 1.53 bits per heavy atom. The molecule has 0 aromatic heterocycles. The molecule has 2 heterocycles. The first kappa shape index (κ1) is 11.3. The van der Waals surface area contributed by atoms with Crippen molar-refractivity contribution in [2.75, 3.05) is 19.6 Å². The van der Waals surface area contributed by atoms with Crippen molar-refractivity contribution in [2.45, 2.75) is 57.3 Å². The second-order valence-corrected chi connectivity index (χ2v) is 5.38. The summed E-state index contributed by atoms with van der Waals surface area (Å²) in [4.78, 5) is 2.39. The van der Waals surface area contributed by atoms with Gasteiger partial charge in [-0.3, -0.25) is 4.90 Å². The summed E-state index contributed by atoms with van der Waals surface area (Å²) < 4.78 is 13.1. The average molecular weight is 214 g/mol. The number of hydrogen-bond donors (Lipinski definition) is 1. The van der Waals surface area contributed by atoms with E-state index in [0.29, 0.717) is 12.6 Å². The Morgan fingerprint density at radius 2 is 2.33 bits per heavy atom. The molecule has 0 amide bonds. The molecule has 88 valence electrons. The van der Waals surface area contributed by atoms with Crippen LogP contribution in [0.15, 0.2) is 0 Å². The maximum absolute atomic E-state index is 13.1. The van der Waals surface area contributed by atoms with E-state index >= 15 is 0 Å². The van der Waals surface area contributed by atoms with Gasteiger partial charge in [-0.15, -0.1) is 0 Å². The molecule has 2 aliphatic rings. The number of piperidine rings is 1. The highest BCUT2D eigenvalue weighted by atomic mass is 19.1. The van der Waals surface area contributed by atoms with E-state index in [1.54, 1.807) is 6.92 Å². The summed E-state index contributed by atoms with van der Waals surface area (Å²) in [5.41, 5.74) is 0.285. The average Bonchev–Trinajstić information content (AvgIpc) is 2.54. The van der Waals surface area contributed by atoms with Crippen LogP contribution in [0, 0.1) is 0 Å². The summed E-state index contributed by atoms with van der Waals surface area (Å²) in [5.74, 6) is 0. The van der Waals surface area contributed by atoms with Gasteiger partial charge in [-0.05, 0) is 46.1 Å². The molecule has 2 nitrogen and oxygen atoms in total. The molecule has 0 radical (unpaired) electrons. The molecule has 1 spiro atoms. The maximum atomic E-state index is 13.1. The smallest absolute Gasteiger partial charge is 0.110 e. The van der Waals surface area contributed by atoms with Crippen LogP contribution in [0.1, 0.15) is 39.5 Å². The van der Waals surface area contributed by atoms with Crippen LogP contribution in [-0.4, -0.2) is 42.3 Å². The number of halogens is 1. The Hall–Kier alpha value is -0.150. The van der Waals surface area contributed by atoms with Crippen LogP contribution in [0.25, 0.3) is 0 Å². The van der Waals surface area contributed by atoms with Gasteiger partial charge in [0.2, 0.25) is 0 Å². The topological polar surface area (TPSA) is 15.3 Å². The SMILES string of the molecule is CC(F)CN1CCCC12CCC(C)NC2. The predicted octanol–water partition coefficient (Wildman–Crippen LogP) is 1.95. The van der Waals surface area contributed by atoms with Gasteiger partial charge in [-0.1, -0.05) is 0 Å². The Kier molecular flexibility index (Phi) is 3.31. The third kappa shape index (κ3) is 2.34. The van der Waals surface area contributed by atoms with E-state index in [1.807, 2.05) is 0 Å². The summed E-state index contributed by atoms with van der Waals surface area (Å²) in [5, 5.41) is 3.55. The van der Waals surface area contributed by atoms with Crippen LogP contribution in [0.5, 0.6) is 0 Å². The highest BCUT2D eigenvalue weighted by Crippen LogP contribution is 2.36. The lowest BCUT2D eigenvalue weighted by Gasteiger charge is -2.44. The molecule has 2 aliphatic heterocycles. The molecule has 2 rings (SSSR count). The molecule has 0 bridgehead atoms. The minimum atomic E-state index is -0.695. The van der Waals surface area contributed by atoms with Gasteiger partial charge >= 0.3 is 0 Å². The maximum Gasteiger partial charge on any atom is 0.110 e. The molecule has 0 saturated carbocycles. The number of rotatable bonds is 2. The monoisotopic (exact) mass is 214 g/mol. The van der Waals surface area contributed by atoms with E-state index in [2.05, 4.69) is 17.1 Å². The molecule has 0 aliphatic carbocycles. The lowest BCUT2D eigenvalue weighted by Crippen LogP contribution is -2.57. The van der Waals surface area contributed by atoms with E-state index in [1.165, 1.54) is 25.7 Å². The zero-order valence-corrected chi connectivity index (χ0v) is 9.93. The van der Waals surface area contributed by atoms with E-state index in [9.17, 15) is 4.39 Å². The van der Waals surface area contributed by atoms with Gasteiger partial charge in [0.1, 0.15) is 6.17 Å². The Balaban J connectivity index is 1.99. The van der Waals surface area contributed by atoms with Crippen LogP contribution in [-0.2, 0) is 0 Å². The van der Waals surface area contributed by atoms with Gasteiger partial charge in [-0.25, -0.2) is 4.39 Å². The van der Waals surface area contributed by atoms with Crippen molar-refractivity contribution in [1.82, 2.24) is 10.2 Å². The molecule has 3 heteroatoms. The van der Waals surface area contributed by atoms with Crippen LogP contribution in [0.3, 0.4) is 0 Å². The highest BCUT2D eigenvalue weighted by molar-refractivity contribution is 5.01. The fourth-order valence-electron chi connectivity index (χ4n) is 3.11. The summed E-state index contributed by atoms with van der Waals surface area (Å²) >= 11 is 0. The van der Waals surface area contributed by atoms with Gasteiger partial charge in [-0.2, -0.15) is 0 Å². The normalized spacial score (nSPS) is 39.8. The van der Waals surface area contributed by atoms with Gasteiger partial charge in [0.05, 0.1) is 0 Å². The van der Waals surface area contributed by atoms with E-state index in [4.69, 9.17) is 0 Å². The predicted molar refractivity (Wildman–Crippen MR) is 60.8 cm³/mol. The van der Waals surface area contributed by atoms with Crippen LogP contribution >= 0.6 is 0 Å². The van der Waals surface area contributed by atoms with E-state index < -0.39 is 6.17 Å². The molecule has 2 saturated heterocycles. The number of nitrogens with zero attached hydrogens (tertiary/aromatic N) is 1. The van der Waals surface area contributed by atoms with Gasteiger partial charge in [0.15, 0.2) is 0 Å². The van der Waals surface area contributed by atoms with Gasteiger partial charge < -0.3 is 5.32 Å². The molecular weight excluding hydrogens is 191 g/mol. The van der Waals surface area contributed by atoms with Crippen molar-refractivity contribution in [3.8, 4) is 0 Å². The van der Waals surface area contributed by atoms with Crippen molar-refractivity contribution < 1.29 is 4.39 Å². The number of hydrogen-bond acceptors (Lipinski definition) is 2. The van der Waals surface area contributed by atoms with Crippen molar-refractivity contribution in [2.24, 2.45) is 0 Å². The van der Waals surface area contributed by atoms with E-state index in [0.717, 1.165) is 13.1 Å². The van der Waals surface area contributed by atoms with Crippen LogP contribution in [0.2, 0.25) is 0 Å². The number of likely N-dealkylation sites (tertiary alicyclic amines) is 1. The Bertz CT molecular complexity index is 210. The summed E-state index contributed by atoms with van der Waals surface area (Å²) in [6.07, 6.45) is 4.27. The van der Waals surface area contributed by atoms with Crippen LogP contribution < -0.4 is 5.32 Å². The first-order valence-corrected chi connectivity index (χ1v) is 6.25. The lowest BCUT2D eigenvalue weighted by molar-refractivity contribution is 0.0726. The number of alkyl halides is 1. The third-order valence-electron chi connectivity index (χ3n) is 4.04. The fourth-order valence-corrected chi connectivity index (χ4v) is 3.11. The van der Waals surface area contributed by atoms with Gasteiger partial charge in [0.25, 0.3) is 0 Å². The molecule has 3 unspecified atom stereocenters. The molecule has 0 aromatic carbocycles. The minimum Gasteiger partial charge on any atom is -0.312 e. The molecule has 3 atom stereocenters. The molecule has 2 fully saturated rings. The summed E-state index contributed by atoms with van der Waals surface area (Å²) in [6, 6.07) is 0.640. The van der Waals surface area contributed by atoms with Crippen molar-refractivity contribution >= 4 is 0 Å². The first-order valence-electron chi connectivity index (χ1n) is 6.25. The lowest BCUT2D eigenvalue weighted by atomic mass is 9.85. The van der Waals surface area contributed by atoms with Crippen molar-refractivity contribution in [3.05, 3.63) is 0 Å². The van der Waals surface area contributed by atoms with E-state index in [-0.39, 0.29) is 5.54 Å². The summed E-state index contributed by atoms with van der Waals surface area (Å²) in [7, 11) is 0. The van der Waals surface area contributed by atoms with Crippen LogP contribution in [0.4, 0.5) is 4.39 Å². The number of nitrogens with one attached hydrogen (secondary N) is 1. The van der Waals surface area contributed by atoms with Crippen molar-refractivity contribution in [1.29, 1.82) is 0 Å². The zero-order chi connectivity index (χ0) is 10.9. The van der Waals surface area contributed by atoms with Crippen molar-refractivity contribution in [3.63, 3.8) is 0 Å². The summed E-state index contributed by atoms with van der Waals surface area (Å²) in [6.45, 7) is 6.68. The largest absolute Gasteiger partial charge is 0.312 e. The molecule has 0 aromatic rings. The fraction of sp³-hybridized carbons (Fsp3) is 1.00. The molecule has 1 N–H and O–H groups in total. The van der Waals surface area contributed by atoms with Gasteiger partial charge in [0, 0.05) is 24.7 Å². The molecule has 15 heavy (non-hydrogen) atoms.